The quantitative estimate of drug-likeness (QED) is 0.800. The van der Waals surface area contributed by atoms with Gasteiger partial charge in [-0.25, -0.2) is 4.98 Å². The fraction of sp³-hybridized carbons (Fsp3) is 0.786. The van der Waals surface area contributed by atoms with Crippen molar-refractivity contribution >= 4 is 0 Å². The van der Waals surface area contributed by atoms with Crippen LogP contribution in [0.2, 0.25) is 0 Å². The number of hydrogen-bond donors (Lipinski definition) is 1. The summed E-state index contributed by atoms with van der Waals surface area (Å²) in [4.78, 5) is 6.71. The fourth-order valence-corrected chi connectivity index (χ4v) is 2.52. The Kier molecular flexibility index (Phi) is 4.07. The van der Waals surface area contributed by atoms with Crippen LogP contribution < -0.4 is 5.32 Å². The molecule has 18 heavy (non-hydrogen) atoms. The SMILES string of the molecule is CN(C)CC(C)(C)Cn1cnc(CNC2CC2)c1. The Morgan fingerprint density at radius 2 is 2.17 bits per heavy atom. The summed E-state index contributed by atoms with van der Waals surface area (Å²) in [6.07, 6.45) is 6.79. The molecule has 0 radical (unpaired) electrons. The van der Waals surface area contributed by atoms with Crippen LogP contribution in [0, 0.1) is 5.41 Å². The van der Waals surface area contributed by atoms with Crippen LogP contribution in [0.1, 0.15) is 32.4 Å². The lowest BCUT2D eigenvalue weighted by molar-refractivity contribution is 0.211. The van der Waals surface area contributed by atoms with Crippen molar-refractivity contribution in [3.8, 4) is 0 Å². The van der Waals surface area contributed by atoms with Crippen LogP contribution in [0.25, 0.3) is 0 Å². The molecule has 1 saturated carbocycles. The van der Waals surface area contributed by atoms with E-state index in [0.717, 1.165) is 31.4 Å². The lowest BCUT2D eigenvalue weighted by Gasteiger charge is -2.28. The molecule has 0 saturated heterocycles. The minimum Gasteiger partial charge on any atom is -0.337 e. The average Bonchev–Trinajstić information content (AvgIpc) is 2.95. The van der Waals surface area contributed by atoms with E-state index in [2.05, 4.69) is 53.9 Å². The maximum absolute atomic E-state index is 4.47. The molecule has 0 atom stereocenters. The predicted octanol–water partition coefficient (Wildman–Crippen LogP) is 1.72. The third-order valence-corrected chi connectivity index (χ3v) is 3.19. The summed E-state index contributed by atoms with van der Waals surface area (Å²) in [6.45, 7) is 7.61. The summed E-state index contributed by atoms with van der Waals surface area (Å²) in [7, 11) is 4.25. The van der Waals surface area contributed by atoms with Gasteiger partial charge < -0.3 is 14.8 Å². The Bertz CT molecular complexity index is 377. The lowest BCUT2D eigenvalue weighted by atomic mass is 9.93. The highest BCUT2D eigenvalue weighted by atomic mass is 15.1. The number of aromatic nitrogens is 2. The van der Waals surface area contributed by atoms with E-state index < -0.39 is 0 Å². The Balaban J connectivity index is 1.84. The number of nitrogens with zero attached hydrogens (tertiary/aromatic N) is 3. The molecule has 2 rings (SSSR count). The van der Waals surface area contributed by atoms with Crippen LogP contribution >= 0.6 is 0 Å². The Morgan fingerprint density at radius 3 is 2.78 bits per heavy atom. The third kappa shape index (κ3) is 4.42. The first-order chi connectivity index (χ1) is 8.44. The molecular formula is C14H26N4. The zero-order valence-electron chi connectivity index (χ0n) is 12.1. The van der Waals surface area contributed by atoms with Crippen LogP contribution in [-0.4, -0.2) is 41.1 Å². The second-order valence-electron chi connectivity index (χ2n) is 6.59. The van der Waals surface area contributed by atoms with E-state index in [4.69, 9.17) is 0 Å². The van der Waals surface area contributed by atoms with Gasteiger partial charge in [0, 0.05) is 31.9 Å². The molecule has 0 amide bonds. The van der Waals surface area contributed by atoms with Crippen molar-refractivity contribution in [3.63, 3.8) is 0 Å². The summed E-state index contributed by atoms with van der Waals surface area (Å²) in [6, 6.07) is 0.750. The highest BCUT2D eigenvalue weighted by Crippen LogP contribution is 2.20. The van der Waals surface area contributed by atoms with E-state index in [1.165, 1.54) is 12.8 Å². The van der Waals surface area contributed by atoms with E-state index in [-0.39, 0.29) is 5.41 Å². The first-order valence-corrected chi connectivity index (χ1v) is 6.83. The number of rotatable bonds is 7. The summed E-state index contributed by atoms with van der Waals surface area (Å²) < 4.78 is 2.22. The van der Waals surface area contributed by atoms with Crippen molar-refractivity contribution in [3.05, 3.63) is 18.2 Å². The Labute approximate surface area is 110 Å². The third-order valence-electron chi connectivity index (χ3n) is 3.19. The lowest BCUT2D eigenvalue weighted by Crippen LogP contribution is -2.32. The molecular weight excluding hydrogens is 224 g/mol. The smallest absolute Gasteiger partial charge is 0.0950 e. The highest BCUT2D eigenvalue weighted by Gasteiger charge is 2.21. The molecule has 1 fully saturated rings. The van der Waals surface area contributed by atoms with Gasteiger partial charge in [0.2, 0.25) is 0 Å². The maximum atomic E-state index is 4.47. The van der Waals surface area contributed by atoms with Gasteiger partial charge in [-0.15, -0.1) is 0 Å². The second-order valence-corrected chi connectivity index (χ2v) is 6.59. The number of nitrogens with one attached hydrogen (secondary N) is 1. The number of hydrogen-bond acceptors (Lipinski definition) is 3. The largest absolute Gasteiger partial charge is 0.337 e. The Morgan fingerprint density at radius 1 is 1.44 bits per heavy atom. The van der Waals surface area contributed by atoms with Crippen molar-refractivity contribution < 1.29 is 0 Å². The summed E-state index contributed by atoms with van der Waals surface area (Å²) in [5.74, 6) is 0. The minimum absolute atomic E-state index is 0.269. The van der Waals surface area contributed by atoms with E-state index in [0.29, 0.717) is 0 Å². The van der Waals surface area contributed by atoms with Gasteiger partial charge in [-0.3, -0.25) is 0 Å². The summed E-state index contributed by atoms with van der Waals surface area (Å²) in [5.41, 5.74) is 1.42. The predicted molar refractivity (Wildman–Crippen MR) is 74.4 cm³/mol. The van der Waals surface area contributed by atoms with Crippen molar-refractivity contribution in [1.29, 1.82) is 0 Å². The first kappa shape index (κ1) is 13.6. The van der Waals surface area contributed by atoms with Gasteiger partial charge in [0.25, 0.3) is 0 Å². The van der Waals surface area contributed by atoms with Gasteiger partial charge >= 0.3 is 0 Å². The van der Waals surface area contributed by atoms with Crippen molar-refractivity contribution in [2.45, 2.75) is 45.8 Å². The minimum atomic E-state index is 0.269. The molecule has 0 unspecified atom stereocenters. The second kappa shape index (κ2) is 5.41. The molecule has 1 heterocycles. The maximum Gasteiger partial charge on any atom is 0.0950 e. The molecule has 1 N–H and O–H groups in total. The normalized spacial score (nSPS) is 16.5. The Hall–Kier alpha value is -0.870. The van der Waals surface area contributed by atoms with Gasteiger partial charge in [0.05, 0.1) is 12.0 Å². The number of imidazole rings is 1. The van der Waals surface area contributed by atoms with Crippen molar-refractivity contribution in [1.82, 2.24) is 19.8 Å². The van der Waals surface area contributed by atoms with Crippen LogP contribution in [0.3, 0.4) is 0 Å². The molecule has 0 aromatic carbocycles. The zero-order chi connectivity index (χ0) is 13.2. The van der Waals surface area contributed by atoms with Gasteiger partial charge in [0.15, 0.2) is 0 Å². The van der Waals surface area contributed by atoms with Gasteiger partial charge in [-0.2, -0.15) is 0 Å². The van der Waals surface area contributed by atoms with Gasteiger partial charge in [-0.1, -0.05) is 13.8 Å². The average molecular weight is 250 g/mol. The molecule has 102 valence electrons. The van der Waals surface area contributed by atoms with E-state index in [1.54, 1.807) is 0 Å². The van der Waals surface area contributed by atoms with Crippen molar-refractivity contribution in [2.75, 3.05) is 20.6 Å². The topological polar surface area (TPSA) is 33.1 Å². The van der Waals surface area contributed by atoms with Gasteiger partial charge in [-0.05, 0) is 32.4 Å². The van der Waals surface area contributed by atoms with Crippen molar-refractivity contribution in [2.24, 2.45) is 5.41 Å². The highest BCUT2D eigenvalue weighted by molar-refractivity contribution is 4.98. The summed E-state index contributed by atoms with van der Waals surface area (Å²) in [5, 5.41) is 3.50. The molecule has 1 aromatic rings. The molecule has 1 aromatic heterocycles. The van der Waals surface area contributed by atoms with Crippen LogP contribution in [0.15, 0.2) is 12.5 Å². The molecule has 4 nitrogen and oxygen atoms in total. The molecule has 0 spiro atoms. The molecule has 0 bridgehead atoms. The molecule has 1 aliphatic carbocycles. The fourth-order valence-electron chi connectivity index (χ4n) is 2.52. The van der Waals surface area contributed by atoms with E-state index in [9.17, 15) is 0 Å². The first-order valence-electron chi connectivity index (χ1n) is 6.83. The van der Waals surface area contributed by atoms with Gasteiger partial charge in [0.1, 0.15) is 0 Å². The van der Waals surface area contributed by atoms with Crippen LogP contribution in [0.4, 0.5) is 0 Å². The van der Waals surface area contributed by atoms with E-state index in [1.807, 2.05) is 6.33 Å². The zero-order valence-corrected chi connectivity index (χ0v) is 12.1. The summed E-state index contributed by atoms with van der Waals surface area (Å²) >= 11 is 0. The van der Waals surface area contributed by atoms with E-state index >= 15 is 0 Å². The monoisotopic (exact) mass is 250 g/mol. The van der Waals surface area contributed by atoms with Crippen LogP contribution in [0.5, 0.6) is 0 Å². The molecule has 4 heteroatoms. The standard InChI is InChI=1S/C14H26N4/c1-14(2,9-17(3)4)10-18-8-13(16-11-18)7-15-12-5-6-12/h8,11-12,15H,5-7,9-10H2,1-4H3. The molecule has 0 aliphatic heterocycles. The molecule has 1 aliphatic rings. The van der Waals surface area contributed by atoms with Crippen LogP contribution in [-0.2, 0) is 13.1 Å².